The van der Waals surface area contributed by atoms with Gasteiger partial charge in [-0.2, -0.15) is 5.26 Å². The number of rotatable bonds is 0. The molecule has 0 atom stereocenters. The summed E-state index contributed by atoms with van der Waals surface area (Å²) in [7, 11) is 0. The number of aryl methyl sites for hydroxylation is 1. The highest BCUT2D eigenvalue weighted by molar-refractivity contribution is 5.48. The summed E-state index contributed by atoms with van der Waals surface area (Å²) in [5.74, 6) is -0.490. The molecule has 0 saturated heterocycles. The van der Waals surface area contributed by atoms with Crippen molar-refractivity contribution in [1.29, 1.82) is 5.26 Å². The van der Waals surface area contributed by atoms with E-state index >= 15 is 0 Å². The van der Waals surface area contributed by atoms with Crippen LogP contribution in [0, 0.1) is 24.1 Å². The van der Waals surface area contributed by atoms with Crippen molar-refractivity contribution in [3.05, 3.63) is 28.3 Å². The topological polar surface area (TPSA) is 36.7 Å². The molecule has 1 heterocycles. The van der Waals surface area contributed by atoms with Gasteiger partial charge in [0.15, 0.2) is 5.82 Å². The molecule has 1 aromatic rings. The second-order valence-electron chi connectivity index (χ2n) is 6.72. The summed E-state index contributed by atoms with van der Waals surface area (Å²) >= 11 is 0. The van der Waals surface area contributed by atoms with Crippen molar-refractivity contribution in [3.8, 4) is 6.07 Å². The van der Waals surface area contributed by atoms with Gasteiger partial charge in [0.25, 0.3) is 0 Å². The Labute approximate surface area is 109 Å². The molecule has 0 N–H and O–H groups in total. The maximum absolute atomic E-state index is 14.1. The van der Waals surface area contributed by atoms with Crippen molar-refractivity contribution in [3.63, 3.8) is 0 Å². The van der Waals surface area contributed by atoms with Gasteiger partial charge in [0.2, 0.25) is 0 Å². The highest BCUT2D eigenvalue weighted by atomic mass is 19.1. The minimum Gasteiger partial charge on any atom is -0.254 e. The van der Waals surface area contributed by atoms with Gasteiger partial charge in [-0.15, -0.1) is 0 Å². The first-order valence-corrected chi connectivity index (χ1v) is 6.11. The van der Waals surface area contributed by atoms with Gasteiger partial charge in [-0.1, -0.05) is 41.5 Å². The zero-order chi connectivity index (χ0) is 14.3. The largest absolute Gasteiger partial charge is 0.254 e. The van der Waals surface area contributed by atoms with Gasteiger partial charge >= 0.3 is 0 Å². The molecule has 2 nitrogen and oxygen atoms in total. The first-order chi connectivity index (χ1) is 8.00. The lowest BCUT2D eigenvalue weighted by molar-refractivity contribution is 0.496. The van der Waals surface area contributed by atoms with Crippen molar-refractivity contribution in [1.82, 2.24) is 4.98 Å². The van der Waals surface area contributed by atoms with Crippen LogP contribution in [0.3, 0.4) is 0 Å². The molecule has 0 saturated carbocycles. The summed E-state index contributed by atoms with van der Waals surface area (Å²) < 4.78 is 14.1. The second-order valence-corrected chi connectivity index (χ2v) is 6.72. The normalized spacial score (nSPS) is 12.4. The third kappa shape index (κ3) is 2.53. The van der Waals surface area contributed by atoms with Gasteiger partial charge in [0, 0.05) is 11.0 Å². The van der Waals surface area contributed by atoms with Crippen molar-refractivity contribution in [2.24, 2.45) is 0 Å². The molecule has 0 unspecified atom stereocenters. The van der Waals surface area contributed by atoms with Crippen LogP contribution in [0.1, 0.15) is 64.1 Å². The van der Waals surface area contributed by atoms with E-state index in [4.69, 9.17) is 0 Å². The molecule has 3 heteroatoms. The fraction of sp³-hybridized carbons (Fsp3) is 0.600. The zero-order valence-corrected chi connectivity index (χ0v) is 12.3. The lowest BCUT2D eigenvalue weighted by Gasteiger charge is -2.30. The summed E-state index contributed by atoms with van der Waals surface area (Å²) in [6.45, 7) is 13.6. The molecule has 0 aliphatic heterocycles. The maximum Gasteiger partial charge on any atom is 0.162 e. The van der Waals surface area contributed by atoms with Gasteiger partial charge in [0.05, 0.1) is 17.0 Å². The Hall–Kier alpha value is -1.43. The predicted octanol–water partition coefficient (Wildman–Crippen LogP) is 4.00. The lowest BCUT2D eigenvalue weighted by Crippen LogP contribution is -2.26. The summed E-state index contributed by atoms with van der Waals surface area (Å²) in [5.41, 5.74) is 1.44. The maximum atomic E-state index is 14.1. The van der Waals surface area contributed by atoms with Crippen LogP contribution in [0.5, 0.6) is 0 Å². The van der Waals surface area contributed by atoms with Crippen LogP contribution in [-0.4, -0.2) is 4.98 Å². The Balaban J connectivity index is 3.85. The molecule has 0 fully saturated rings. The van der Waals surface area contributed by atoms with Crippen molar-refractivity contribution >= 4 is 0 Å². The molecule has 18 heavy (non-hydrogen) atoms. The number of nitriles is 1. The quantitative estimate of drug-likeness (QED) is 0.696. The van der Waals surface area contributed by atoms with Gasteiger partial charge in [0.1, 0.15) is 6.07 Å². The number of hydrogen-bond acceptors (Lipinski definition) is 2. The Bertz CT molecular complexity index is 511. The Kier molecular flexibility index (Phi) is 3.53. The minimum atomic E-state index is -0.490. The lowest BCUT2D eigenvalue weighted by atomic mass is 9.76. The van der Waals surface area contributed by atoms with Crippen molar-refractivity contribution in [2.75, 3.05) is 0 Å². The van der Waals surface area contributed by atoms with Crippen molar-refractivity contribution < 1.29 is 4.39 Å². The van der Waals surface area contributed by atoms with E-state index in [0.717, 1.165) is 11.3 Å². The highest BCUT2D eigenvalue weighted by Crippen LogP contribution is 2.36. The number of nitrogens with zero attached hydrogens (tertiary/aromatic N) is 2. The molecule has 0 bridgehead atoms. The van der Waals surface area contributed by atoms with E-state index in [0.29, 0.717) is 5.69 Å². The molecule has 98 valence electrons. The molecular weight excluding hydrogens is 227 g/mol. The smallest absolute Gasteiger partial charge is 0.162 e. The molecule has 0 amide bonds. The fourth-order valence-electron chi connectivity index (χ4n) is 2.06. The van der Waals surface area contributed by atoms with Crippen LogP contribution >= 0.6 is 0 Å². The molecular formula is C15H21FN2. The first kappa shape index (κ1) is 14.6. The summed E-state index contributed by atoms with van der Waals surface area (Å²) in [6.07, 6.45) is 0. The highest BCUT2D eigenvalue weighted by Gasteiger charge is 2.32. The SMILES string of the molecule is Cc1nc(C(C)(C)C)c(C(C)(C)C)c(C#N)c1F. The van der Waals surface area contributed by atoms with Gasteiger partial charge < -0.3 is 0 Å². The Morgan fingerprint density at radius 3 is 1.89 bits per heavy atom. The number of hydrogen-bond donors (Lipinski definition) is 0. The average molecular weight is 248 g/mol. The van der Waals surface area contributed by atoms with E-state index in [1.165, 1.54) is 0 Å². The van der Waals surface area contributed by atoms with Crippen LogP contribution in [-0.2, 0) is 10.8 Å². The van der Waals surface area contributed by atoms with Crippen LogP contribution in [0.2, 0.25) is 0 Å². The standard InChI is InChI=1S/C15H21FN2/c1-9-12(16)10(8-17)11(14(2,3)4)13(18-9)15(5,6)7/h1-7H3. The predicted molar refractivity (Wildman–Crippen MR) is 71.0 cm³/mol. The van der Waals surface area contributed by atoms with E-state index < -0.39 is 5.82 Å². The van der Waals surface area contributed by atoms with Gasteiger partial charge in [-0.05, 0) is 12.3 Å². The Morgan fingerprint density at radius 2 is 1.56 bits per heavy atom. The second kappa shape index (κ2) is 4.35. The molecule has 0 radical (unpaired) electrons. The number of pyridine rings is 1. The molecule has 1 aromatic heterocycles. The molecule has 0 aliphatic rings. The Morgan fingerprint density at radius 1 is 1.06 bits per heavy atom. The minimum absolute atomic E-state index is 0.139. The van der Waals surface area contributed by atoms with Crippen LogP contribution < -0.4 is 0 Å². The van der Waals surface area contributed by atoms with Gasteiger partial charge in [-0.3, -0.25) is 4.98 Å². The fourth-order valence-corrected chi connectivity index (χ4v) is 2.06. The van der Waals surface area contributed by atoms with Crippen LogP contribution in [0.25, 0.3) is 0 Å². The number of halogens is 1. The molecule has 0 aliphatic carbocycles. The summed E-state index contributed by atoms with van der Waals surface area (Å²) in [5, 5.41) is 9.26. The number of aromatic nitrogens is 1. The molecule has 0 spiro atoms. The van der Waals surface area contributed by atoms with E-state index in [1.54, 1.807) is 6.92 Å². The monoisotopic (exact) mass is 248 g/mol. The van der Waals surface area contributed by atoms with E-state index in [1.807, 2.05) is 47.6 Å². The van der Waals surface area contributed by atoms with Crippen LogP contribution in [0.15, 0.2) is 0 Å². The summed E-state index contributed by atoms with van der Waals surface area (Å²) in [6, 6.07) is 2.01. The van der Waals surface area contributed by atoms with Gasteiger partial charge in [-0.25, -0.2) is 4.39 Å². The van der Waals surface area contributed by atoms with E-state index in [2.05, 4.69) is 4.98 Å². The van der Waals surface area contributed by atoms with E-state index in [9.17, 15) is 9.65 Å². The van der Waals surface area contributed by atoms with E-state index in [-0.39, 0.29) is 16.4 Å². The first-order valence-electron chi connectivity index (χ1n) is 6.11. The average Bonchev–Trinajstić information content (AvgIpc) is 2.17. The zero-order valence-electron chi connectivity index (χ0n) is 12.3. The molecule has 1 rings (SSSR count). The molecule has 0 aromatic carbocycles. The third-order valence-electron chi connectivity index (χ3n) is 2.88. The third-order valence-corrected chi connectivity index (χ3v) is 2.88. The van der Waals surface area contributed by atoms with Crippen LogP contribution in [0.4, 0.5) is 4.39 Å². The van der Waals surface area contributed by atoms with Crippen molar-refractivity contribution in [2.45, 2.75) is 59.3 Å². The summed E-state index contributed by atoms with van der Waals surface area (Å²) in [4.78, 5) is 4.39.